The first-order valence-electron chi connectivity index (χ1n) is 7.88. The average Bonchev–Trinajstić information content (AvgIpc) is 2.69. The molecule has 6 heteroatoms. The Labute approximate surface area is 143 Å². The van der Waals surface area contributed by atoms with Crippen molar-refractivity contribution >= 4 is 38.6 Å². The minimum atomic E-state index is -0.421. The van der Waals surface area contributed by atoms with Crippen molar-refractivity contribution in [1.82, 2.24) is 15.2 Å². The van der Waals surface area contributed by atoms with Crippen LogP contribution in [0, 0.1) is 6.92 Å². The molecule has 0 radical (unpaired) electrons. The van der Waals surface area contributed by atoms with Crippen LogP contribution in [0.1, 0.15) is 25.0 Å². The zero-order valence-electron chi connectivity index (χ0n) is 13.1. The van der Waals surface area contributed by atoms with Crippen LogP contribution >= 0.6 is 15.9 Å². The van der Waals surface area contributed by atoms with Crippen molar-refractivity contribution in [2.75, 3.05) is 6.54 Å². The van der Waals surface area contributed by atoms with Gasteiger partial charge in [-0.15, -0.1) is 0 Å². The van der Waals surface area contributed by atoms with Crippen LogP contribution in [0.5, 0.6) is 0 Å². The van der Waals surface area contributed by atoms with Crippen molar-refractivity contribution in [3.63, 3.8) is 0 Å². The van der Waals surface area contributed by atoms with E-state index >= 15 is 0 Å². The van der Waals surface area contributed by atoms with Gasteiger partial charge in [-0.05, 0) is 48.2 Å². The van der Waals surface area contributed by atoms with E-state index in [1.165, 1.54) is 0 Å². The van der Waals surface area contributed by atoms with Crippen LogP contribution in [0.25, 0.3) is 10.9 Å². The zero-order chi connectivity index (χ0) is 16.4. The van der Waals surface area contributed by atoms with E-state index in [1.807, 2.05) is 35.8 Å². The Balaban J connectivity index is 1.78. The van der Waals surface area contributed by atoms with Gasteiger partial charge in [-0.25, -0.2) is 0 Å². The first kappa shape index (κ1) is 16.1. The van der Waals surface area contributed by atoms with Crippen LogP contribution in [-0.2, 0) is 16.1 Å². The Morgan fingerprint density at radius 1 is 1.39 bits per heavy atom. The van der Waals surface area contributed by atoms with E-state index < -0.39 is 6.04 Å². The van der Waals surface area contributed by atoms with E-state index in [2.05, 4.69) is 26.6 Å². The second-order valence-corrected chi connectivity index (χ2v) is 6.70. The molecule has 1 aromatic carbocycles. The smallest absolute Gasteiger partial charge is 0.242 e. The van der Waals surface area contributed by atoms with Gasteiger partial charge in [0.25, 0.3) is 0 Å². The molecule has 2 amide bonds. The number of nitrogens with one attached hydrogen (secondary N) is 2. The molecule has 1 fully saturated rings. The highest BCUT2D eigenvalue weighted by Gasteiger charge is 2.23. The fourth-order valence-corrected chi connectivity index (χ4v) is 3.60. The molecular formula is C17H20BrN3O2. The van der Waals surface area contributed by atoms with Crippen molar-refractivity contribution in [2.45, 2.75) is 38.8 Å². The van der Waals surface area contributed by atoms with Gasteiger partial charge < -0.3 is 15.2 Å². The Bertz CT molecular complexity index is 754. The Kier molecular flexibility index (Phi) is 4.71. The van der Waals surface area contributed by atoms with Gasteiger partial charge in [0, 0.05) is 27.6 Å². The molecule has 0 saturated carbocycles. The molecule has 3 rings (SSSR count). The molecule has 1 aliphatic rings. The summed E-state index contributed by atoms with van der Waals surface area (Å²) in [6.45, 7) is 2.89. The van der Waals surface area contributed by atoms with Gasteiger partial charge in [-0.2, -0.15) is 0 Å². The van der Waals surface area contributed by atoms with Crippen molar-refractivity contribution in [2.24, 2.45) is 0 Å². The van der Waals surface area contributed by atoms with Crippen LogP contribution in [0.3, 0.4) is 0 Å². The molecule has 1 unspecified atom stereocenters. The Morgan fingerprint density at radius 2 is 2.17 bits per heavy atom. The van der Waals surface area contributed by atoms with Crippen molar-refractivity contribution in [3.05, 3.63) is 34.4 Å². The molecule has 1 atom stereocenters. The number of nitrogens with zero attached hydrogens (tertiary/aromatic N) is 1. The maximum absolute atomic E-state index is 12.4. The third-order valence-electron chi connectivity index (χ3n) is 4.33. The van der Waals surface area contributed by atoms with E-state index in [1.54, 1.807) is 0 Å². The van der Waals surface area contributed by atoms with E-state index in [9.17, 15) is 9.59 Å². The molecular weight excluding hydrogens is 358 g/mol. The standard InChI is InChI=1S/C17H20BrN3O2/c1-11-16(18)12-6-2-3-8-14(12)21(11)10-15(22)20-13-7-4-5-9-19-17(13)23/h2-3,6,8,13H,4-5,7,9-10H2,1H3,(H,19,23)(H,20,22). The Morgan fingerprint density at radius 3 is 3.00 bits per heavy atom. The number of para-hydroxylation sites is 1. The maximum atomic E-state index is 12.4. The lowest BCUT2D eigenvalue weighted by atomic mass is 10.1. The summed E-state index contributed by atoms with van der Waals surface area (Å²) in [6, 6.07) is 7.54. The number of hydrogen-bond donors (Lipinski definition) is 2. The molecule has 122 valence electrons. The van der Waals surface area contributed by atoms with Crippen LogP contribution in [0.4, 0.5) is 0 Å². The number of amides is 2. The molecule has 2 N–H and O–H groups in total. The van der Waals surface area contributed by atoms with Crippen molar-refractivity contribution in [3.8, 4) is 0 Å². The molecule has 2 heterocycles. The molecule has 0 spiro atoms. The van der Waals surface area contributed by atoms with Crippen molar-refractivity contribution in [1.29, 1.82) is 0 Å². The predicted molar refractivity (Wildman–Crippen MR) is 93.2 cm³/mol. The van der Waals surface area contributed by atoms with E-state index in [0.717, 1.165) is 33.9 Å². The summed E-state index contributed by atoms with van der Waals surface area (Å²) < 4.78 is 2.98. The molecule has 1 aromatic heterocycles. The lowest BCUT2D eigenvalue weighted by molar-refractivity contribution is -0.129. The summed E-state index contributed by atoms with van der Waals surface area (Å²) in [6.07, 6.45) is 2.61. The van der Waals surface area contributed by atoms with E-state index in [0.29, 0.717) is 13.0 Å². The minimum Gasteiger partial charge on any atom is -0.354 e. The quantitative estimate of drug-likeness (QED) is 0.862. The van der Waals surface area contributed by atoms with Gasteiger partial charge in [-0.1, -0.05) is 18.2 Å². The second kappa shape index (κ2) is 6.74. The minimum absolute atomic E-state index is 0.0777. The Hall–Kier alpha value is -1.82. The molecule has 1 aliphatic heterocycles. The number of hydrogen-bond acceptors (Lipinski definition) is 2. The largest absolute Gasteiger partial charge is 0.354 e. The van der Waals surface area contributed by atoms with Gasteiger partial charge in [0.15, 0.2) is 0 Å². The van der Waals surface area contributed by atoms with Gasteiger partial charge >= 0.3 is 0 Å². The second-order valence-electron chi connectivity index (χ2n) is 5.91. The predicted octanol–water partition coefficient (Wildman–Crippen LogP) is 2.50. The molecule has 0 bridgehead atoms. The summed E-state index contributed by atoms with van der Waals surface area (Å²) in [5.74, 6) is -0.213. The molecule has 0 aliphatic carbocycles. The van der Waals surface area contributed by atoms with Crippen molar-refractivity contribution < 1.29 is 9.59 Å². The van der Waals surface area contributed by atoms with Gasteiger partial charge in [0.1, 0.15) is 12.6 Å². The number of halogens is 1. The lowest BCUT2D eigenvalue weighted by Crippen LogP contribution is -2.46. The van der Waals surface area contributed by atoms with E-state index in [-0.39, 0.29) is 18.4 Å². The molecule has 1 saturated heterocycles. The number of carbonyl (C=O) groups excluding carboxylic acids is 2. The topological polar surface area (TPSA) is 63.1 Å². The number of benzene rings is 1. The summed E-state index contributed by atoms with van der Waals surface area (Å²) in [5, 5.41) is 6.80. The van der Waals surface area contributed by atoms with Gasteiger partial charge in [0.2, 0.25) is 11.8 Å². The molecule has 5 nitrogen and oxygen atoms in total. The molecule has 2 aromatic rings. The molecule has 23 heavy (non-hydrogen) atoms. The van der Waals surface area contributed by atoms with E-state index in [4.69, 9.17) is 0 Å². The third-order valence-corrected chi connectivity index (χ3v) is 5.33. The summed E-state index contributed by atoms with van der Waals surface area (Å²) in [4.78, 5) is 24.4. The average molecular weight is 378 g/mol. The van der Waals surface area contributed by atoms with Gasteiger partial charge in [0.05, 0.1) is 0 Å². The third kappa shape index (κ3) is 3.27. The highest BCUT2D eigenvalue weighted by molar-refractivity contribution is 9.10. The first-order valence-corrected chi connectivity index (χ1v) is 8.67. The van der Waals surface area contributed by atoms with Crippen LogP contribution in [-0.4, -0.2) is 29.0 Å². The van der Waals surface area contributed by atoms with Crippen LogP contribution in [0.15, 0.2) is 28.7 Å². The monoisotopic (exact) mass is 377 g/mol. The summed E-state index contributed by atoms with van der Waals surface area (Å²) in [5.41, 5.74) is 2.02. The normalized spacial score (nSPS) is 18.5. The fourth-order valence-electron chi connectivity index (χ4n) is 3.05. The first-order chi connectivity index (χ1) is 11.1. The fraction of sp³-hybridized carbons (Fsp3) is 0.412. The number of rotatable bonds is 3. The highest BCUT2D eigenvalue weighted by atomic mass is 79.9. The summed E-state index contributed by atoms with van der Waals surface area (Å²) >= 11 is 3.59. The maximum Gasteiger partial charge on any atom is 0.242 e. The van der Waals surface area contributed by atoms with Crippen LogP contribution in [0.2, 0.25) is 0 Å². The highest BCUT2D eigenvalue weighted by Crippen LogP contribution is 2.30. The number of fused-ring (bicyclic) bond motifs is 1. The SMILES string of the molecule is Cc1c(Br)c2ccccc2n1CC(=O)NC1CCCCNC1=O. The number of carbonyl (C=O) groups is 2. The van der Waals surface area contributed by atoms with Crippen LogP contribution < -0.4 is 10.6 Å². The van der Waals surface area contributed by atoms with Gasteiger partial charge in [-0.3, -0.25) is 9.59 Å². The zero-order valence-corrected chi connectivity index (χ0v) is 14.6. The number of aromatic nitrogens is 1. The lowest BCUT2D eigenvalue weighted by Gasteiger charge is -2.16. The summed E-state index contributed by atoms with van der Waals surface area (Å²) in [7, 11) is 0.